The van der Waals surface area contributed by atoms with Crippen LogP contribution in [0.25, 0.3) is 0 Å². The van der Waals surface area contributed by atoms with E-state index in [2.05, 4.69) is 32.5 Å². The molecule has 0 radical (unpaired) electrons. The normalized spacial score (nSPS) is 14.9. The van der Waals surface area contributed by atoms with Gasteiger partial charge in [0.25, 0.3) is 10.0 Å². The van der Waals surface area contributed by atoms with Crippen molar-refractivity contribution in [2.24, 2.45) is 5.92 Å². The van der Waals surface area contributed by atoms with Crippen LogP contribution in [0, 0.1) is 5.92 Å². The molecule has 182 valence electrons. The minimum absolute atomic E-state index is 0.0455. The number of halogens is 4. The van der Waals surface area contributed by atoms with E-state index in [1.807, 2.05) is 0 Å². The average molecular weight is 573 g/mol. The van der Waals surface area contributed by atoms with Gasteiger partial charge in [-0.05, 0) is 65.0 Å². The summed E-state index contributed by atoms with van der Waals surface area (Å²) in [5.74, 6) is -3.22. The van der Waals surface area contributed by atoms with Gasteiger partial charge in [0.05, 0.1) is 20.7 Å². The number of alkyl halides is 3. The molecule has 0 spiro atoms. The van der Waals surface area contributed by atoms with Crippen molar-refractivity contribution in [3.63, 3.8) is 0 Å². The Bertz CT molecular complexity index is 1110. The second-order valence-electron chi connectivity index (χ2n) is 7.17. The largest absolute Gasteiger partial charge is 0.490 e. The summed E-state index contributed by atoms with van der Waals surface area (Å²) < 4.78 is 60.6. The lowest BCUT2D eigenvalue weighted by atomic mass is 9.98. The molecule has 33 heavy (non-hydrogen) atoms. The number of carbonyl (C=O) groups is 2. The highest BCUT2D eigenvalue weighted by molar-refractivity contribution is 9.11. The number of sulfonamides is 1. The molecular formula is C19H20BrF3N2O6S2. The standard InChI is InChI=1S/C17H19BrN2O4S2.C2HF3O2/c1-11-6-8-20(9-7-11)14-3-2-12(17(21)22)10-13(14)19-26(23,24)16-5-4-15(18)25-16;3-2(4,5)1(6)7/h2-5,10-11,19H,6-9H2,1H3,(H,21,22);(H,6,7). The van der Waals surface area contributed by atoms with E-state index in [0.717, 1.165) is 37.3 Å². The molecule has 8 nitrogen and oxygen atoms in total. The number of aromatic carboxylic acids is 1. The number of carboxylic acids is 2. The predicted molar refractivity (Wildman–Crippen MR) is 121 cm³/mol. The van der Waals surface area contributed by atoms with Crippen LogP contribution in [0.4, 0.5) is 24.5 Å². The summed E-state index contributed by atoms with van der Waals surface area (Å²) in [5.41, 5.74) is 1.05. The van der Waals surface area contributed by atoms with Crippen molar-refractivity contribution in [2.45, 2.75) is 30.2 Å². The van der Waals surface area contributed by atoms with E-state index in [-0.39, 0.29) is 9.77 Å². The van der Waals surface area contributed by atoms with Crippen LogP contribution in [-0.4, -0.2) is 49.8 Å². The maximum absolute atomic E-state index is 12.7. The third-order valence-electron chi connectivity index (χ3n) is 4.67. The molecule has 1 aromatic carbocycles. The van der Waals surface area contributed by atoms with Crippen molar-refractivity contribution >= 4 is 60.6 Å². The van der Waals surface area contributed by atoms with Gasteiger partial charge in [0.1, 0.15) is 4.21 Å². The SMILES string of the molecule is CC1CCN(c2ccc(C(=O)O)cc2NS(=O)(=O)c2ccc(Br)s2)CC1.O=C(O)C(F)(F)F. The monoisotopic (exact) mass is 572 g/mol. The number of aliphatic carboxylic acids is 1. The first-order valence-corrected chi connectivity index (χ1v) is 12.5. The van der Waals surface area contributed by atoms with Crippen LogP contribution in [0.5, 0.6) is 0 Å². The molecule has 0 amide bonds. The first-order chi connectivity index (χ1) is 15.2. The number of benzene rings is 1. The molecule has 1 aliphatic rings. The molecule has 1 aliphatic heterocycles. The molecule has 0 unspecified atom stereocenters. The van der Waals surface area contributed by atoms with Gasteiger partial charge in [0.2, 0.25) is 0 Å². The highest BCUT2D eigenvalue weighted by Crippen LogP contribution is 2.34. The van der Waals surface area contributed by atoms with E-state index < -0.39 is 28.1 Å². The number of anilines is 2. The topological polar surface area (TPSA) is 124 Å². The molecule has 2 aromatic rings. The Morgan fingerprint density at radius 2 is 1.73 bits per heavy atom. The van der Waals surface area contributed by atoms with Gasteiger partial charge in [0, 0.05) is 13.1 Å². The number of rotatable bonds is 5. The van der Waals surface area contributed by atoms with Crippen LogP contribution in [0.15, 0.2) is 38.3 Å². The highest BCUT2D eigenvalue weighted by Gasteiger charge is 2.38. The average Bonchev–Trinajstić information content (AvgIpc) is 3.15. The van der Waals surface area contributed by atoms with E-state index in [9.17, 15) is 31.5 Å². The van der Waals surface area contributed by atoms with E-state index in [1.165, 1.54) is 18.2 Å². The number of thiophene rings is 1. The molecule has 0 atom stereocenters. The molecule has 3 rings (SSSR count). The minimum Gasteiger partial charge on any atom is -0.478 e. The molecule has 0 aliphatic carbocycles. The van der Waals surface area contributed by atoms with E-state index in [0.29, 0.717) is 21.1 Å². The zero-order valence-corrected chi connectivity index (χ0v) is 20.3. The Balaban J connectivity index is 0.000000479. The molecule has 14 heteroatoms. The van der Waals surface area contributed by atoms with E-state index >= 15 is 0 Å². The van der Waals surface area contributed by atoms with Gasteiger partial charge in [-0.2, -0.15) is 13.2 Å². The van der Waals surface area contributed by atoms with Crippen molar-refractivity contribution < 1.29 is 41.4 Å². The zero-order valence-electron chi connectivity index (χ0n) is 17.1. The second-order valence-corrected chi connectivity index (χ2v) is 11.5. The van der Waals surface area contributed by atoms with Crippen LogP contribution < -0.4 is 9.62 Å². The van der Waals surface area contributed by atoms with Gasteiger partial charge in [-0.25, -0.2) is 18.0 Å². The fourth-order valence-electron chi connectivity index (χ4n) is 2.91. The first-order valence-electron chi connectivity index (χ1n) is 9.41. The Kier molecular flexibility index (Phi) is 8.76. The van der Waals surface area contributed by atoms with Gasteiger partial charge < -0.3 is 15.1 Å². The van der Waals surface area contributed by atoms with E-state index in [1.54, 1.807) is 12.1 Å². The number of carboxylic acid groups (broad SMARTS) is 2. The van der Waals surface area contributed by atoms with Crippen molar-refractivity contribution in [1.82, 2.24) is 0 Å². The number of hydrogen-bond donors (Lipinski definition) is 3. The zero-order chi connectivity index (χ0) is 25.0. The summed E-state index contributed by atoms with van der Waals surface area (Å²) in [5, 5.41) is 16.4. The summed E-state index contributed by atoms with van der Waals surface area (Å²) in [4.78, 5) is 22.3. The summed E-state index contributed by atoms with van der Waals surface area (Å²) in [6.07, 6.45) is -3.05. The summed E-state index contributed by atoms with van der Waals surface area (Å²) in [7, 11) is -3.79. The Labute approximate surface area is 200 Å². The number of nitrogens with one attached hydrogen (secondary N) is 1. The van der Waals surface area contributed by atoms with Gasteiger partial charge >= 0.3 is 18.1 Å². The third kappa shape index (κ3) is 7.61. The van der Waals surface area contributed by atoms with E-state index in [4.69, 9.17) is 9.90 Å². The molecule has 0 saturated carbocycles. The minimum atomic E-state index is -5.08. The Morgan fingerprint density at radius 1 is 1.15 bits per heavy atom. The molecule has 1 fully saturated rings. The fraction of sp³-hybridized carbons (Fsp3) is 0.368. The maximum Gasteiger partial charge on any atom is 0.490 e. The molecular weight excluding hydrogens is 553 g/mol. The smallest absolute Gasteiger partial charge is 0.478 e. The van der Waals surface area contributed by atoms with Gasteiger partial charge in [-0.3, -0.25) is 4.72 Å². The highest BCUT2D eigenvalue weighted by atomic mass is 79.9. The first kappa shape index (κ1) is 26.9. The summed E-state index contributed by atoms with van der Waals surface area (Å²) in [6, 6.07) is 7.76. The number of hydrogen-bond acceptors (Lipinski definition) is 6. The summed E-state index contributed by atoms with van der Waals surface area (Å²) in [6.45, 7) is 3.82. The van der Waals surface area contributed by atoms with Crippen molar-refractivity contribution in [3.05, 3.63) is 39.7 Å². The molecule has 1 saturated heterocycles. The second kappa shape index (κ2) is 10.7. The predicted octanol–water partition coefficient (Wildman–Crippen LogP) is 4.88. The van der Waals surface area contributed by atoms with Crippen LogP contribution in [0.2, 0.25) is 0 Å². The van der Waals surface area contributed by atoms with Gasteiger partial charge in [0.15, 0.2) is 0 Å². The molecule has 0 bridgehead atoms. The lowest BCUT2D eigenvalue weighted by Crippen LogP contribution is -2.33. The van der Waals surface area contributed by atoms with Crippen molar-refractivity contribution in [2.75, 3.05) is 22.7 Å². The lowest BCUT2D eigenvalue weighted by molar-refractivity contribution is -0.192. The van der Waals surface area contributed by atoms with Gasteiger partial charge in [-0.15, -0.1) is 11.3 Å². The van der Waals surface area contributed by atoms with Crippen molar-refractivity contribution in [1.29, 1.82) is 0 Å². The fourth-order valence-corrected chi connectivity index (χ4v) is 5.99. The Hall–Kier alpha value is -2.32. The number of nitrogens with zero attached hydrogens (tertiary/aromatic N) is 1. The Morgan fingerprint density at radius 3 is 2.18 bits per heavy atom. The third-order valence-corrected chi connectivity index (χ3v) is 8.15. The molecule has 1 aromatic heterocycles. The molecule has 3 N–H and O–H groups in total. The maximum atomic E-state index is 12.7. The van der Waals surface area contributed by atoms with Crippen LogP contribution in [0.1, 0.15) is 30.1 Å². The lowest BCUT2D eigenvalue weighted by Gasteiger charge is -2.33. The molecule has 2 heterocycles. The van der Waals surface area contributed by atoms with Crippen LogP contribution in [-0.2, 0) is 14.8 Å². The quantitative estimate of drug-likeness (QED) is 0.466. The van der Waals surface area contributed by atoms with Crippen LogP contribution in [0.3, 0.4) is 0 Å². The van der Waals surface area contributed by atoms with Crippen molar-refractivity contribution in [3.8, 4) is 0 Å². The van der Waals surface area contributed by atoms with Gasteiger partial charge in [-0.1, -0.05) is 6.92 Å². The number of piperidine rings is 1. The van der Waals surface area contributed by atoms with Crippen LogP contribution >= 0.6 is 27.3 Å². The summed E-state index contributed by atoms with van der Waals surface area (Å²) >= 11 is 4.37.